The number of benzene rings is 1. The van der Waals surface area contributed by atoms with E-state index in [1.165, 1.54) is 12.8 Å². The Balaban J connectivity index is 1.98. The van der Waals surface area contributed by atoms with Gasteiger partial charge in [0.15, 0.2) is 5.75 Å². The molecular formula is C14H20Cl2N2O. The summed E-state index contributed by atoms with van der Waals surface area (Å²) in [6.07, 6.45) is 4.59. The van der Waals surface area contributed by atoms with Gasteiger partial charge in [-0.25, -0.2) is 0 Å². The molecule has 0 heterocycles. The molecule has 3 nitrogen and oxygen atoms in total. The predicted molar refractivity (Wildman–Crippen MR) is 81.5 cm³/mol. The molecule has 0 saturated heterocycles. The number of rotatable bonds is 3. The van der Waals surface area contributed by atoms with Crippen molar-refractivity contribution in [2.24, 2.45) is 0 Å². The molecule has 1 aromatic rings. The van der Waals surface area contributed by atoms with Gasteiger partial charge in [-0.05, 0) is 51.9 Å². The van der Waals surface area contributed by atoms with Gasteiger partial charge >= 0.3 is 0 Å². The first-order chi connectivity index (χ1) is 8.99. The molecular weight excluding hydrogens is 283 g/mol. The van der Waals surface area contributed by atoms with Gasteiger partial charge in [0.1, 0.15) is 5.02 Å². The van der Waals surface area contributed by atoms with Gasteiger partial charge in [0.05, 0.1) is 10.7 Å². The molecule has 0 atom stereocenters. The zero-order chi connectivity index (χ0) is 14.0. The van der Waals surface area contributed by atoms with Crippen molar-refractivity contribution >= 4 is 28.9 Å². The van der Waals surface area contributed by atoms with Gasteiger partial charge < -0.3 is 15.3 Å². The van der Waals surface area contributed by atoms with E-state index in [-0.39, 0.29) is 10.8 Å². The molecule has 0 unspecified atom stereocenters. The van der Waals surface area contributed by atoms with Crippen LogP contribution in [0.2, 0.25) is 10.0 Å². The molecule has 0 amide bonds. The minimum Gasteiger partial charge on any atom is -0.505 e. The molecule has 0 spiro atoms. The van der Waals surface area contributed by atoms with Crippen LogP contribution in [0.3, 0.4) is 0 Å². The monoisotopic (exact) mass is 302 g/mol. The van der Waals surface area contributed by atoms with Crippen molar-refractivity contribution in [2.45, 2.75) is 37.8 Å². The van der Waals surface area contributed by atoms with E-state index in [1.54, 1.807) is 6.07 Å². The minimum atomic E-state index is -0.0460. The quantitative estimate of drug-likeness (QED) is 0.886. The Kier molecular flexibility index (Phi) is 4.82. The third-order valence-corrected chi connectivity index (χ3v) is 4.54. The molecule has 0 radical (unpaired) electrons. The average molecular weight is 303 g/mol. The molecule has 1 fully saturated rings. The molecule has 2 N–H and O–H groups in total. The number of hydrogen-bond donors (Lipinski definition) is 2. The van der Waals surface area contributed by atoms with Crippen LogP contribution in [0.5, 0.6) is 5.75 Å². The Morgan fingerprint density at radius 1 is 1.16 bits per heavy atom. The summed E-state index contributed by atoms with van der Waals surface area (Å²) < 4.78 is 0. The average Bonchev–Trinajstić information content (AvgIpc) is 2.40. The summed E-state index contributed by atoms with van der Waals surface area (Å²) in [6.45, 7) is 0. The Labute approximate surface area is 124 Å². The number of halogens is 2. The Hall–Kier alpha value is -0.640. The van der Waals surface area contributed by atoms with E-state index in [9.17, 15) is 5.11 Å². The summed E-state index contributed by atoms with van der Waals surface area (Å²) in [6, 6.07) is 4.57. The normalized spacial score (nSPS) is 23.6. The van der Waals surface area contributed by atoms with E-state index in [0.717, 1.165) is 18.5 Å². The van der Waals surface area contributed by atoms with Gasteiger partial charge in [0.25, 0.3) is 0 Å². The lowest BCUT2D eigenvalue weighted by Gasteiger charge is -2.33. The van der Waals surface area contributed by atoms with Crippen LogP contribution < -0.4 is 5.32 Å². The zero-order valence-electron chi connectivity index (χ0n) is 11.3. The van der Waals surface area contributed by atoms with Crippen molar-refractivity contribution < 1.29 is 5.11 Å². The molecule has 2 rings (SSSR count). The fourth-order valence-electron chi connectivity index (χ4n) is 2.61. The SMILES string of the molecule is CN(C)C1CCC(Nc2ccc(Cl)c(O)c2Cl)CC1. The first kappa shape index (κ1) is 14.8. The van der Waals surface area contributed by atoms with Crippen LogP contribution in [-0.4, -0.2) is 36.2 Å². The highest BCUT2D eigenvalue weighted by molar-refractivity contribution is 6.38. The number of nitrogens with one attached hydrogen (secondary N) is 1. The Bertz CT molecular complexity index is 443. The van der Waals surface area contributed by atoms with Crippen LogP contribution >= 0.6 is 23.2 Å². The van der Waals surface area contributed by atoms with Crippen LogP contribution in [-0.2, 0) is 0 Å². The number of hydrogen-bond acceptors (Lipinski definition) is 3. The van der Waals surface area contributed by atoms with Crippen molar-refractivity contribution in [3.05, 3.63) is 22.2 Å². The van der Waals surface area contributed by atoms with Crippen molar-refractivity contribution in [2.75, 3.05) is 19.4 Å². The maximum Gasteiger partial charge on any atom is 0.154 e. The van der Waals surface area contributed by atoms with Gasteiger partial charge in [0.2, 0.25) is 0 Å². The standard InChI is InChI=1S/C14H20Cl2N2O/c1-18(2)10-5-3-9(4-6-10)17-12-8-7-11(15)14(19)13(12)16/h7-10,17,19H,3-6H2,1-2H3. The highest BCUT2D eigenvalue weighted by atomic mass is 35.5. The topological polar surface area (TPSA) is 35.5 Å². The molecule has 5 heteroatoms. The van der Waals surface area contributed by atoms with E-state index in [0.29, 0.717) is 17.1 Å². The third-order valence-electron chi connectivity index (χ3n) is 3.85. The zero-order valence-corrected chi connectivity index (χ0v) is 12.8. The summed E-state index contributed by atoms with van der Waals surface area (Å²) in [5.74, 6) is -0.0460. The molecule has 106 valence electrons. The van der Waals surface area contributed by atoms with E-state index in [4.69, 9.17) is 23.2 Å². The van der Waals surface area contributed by atoms with Crippen molar-refractivity contribution in [3.8, 4) is 5.75 Å². The first-order valence-electron chi connectivity index (χ1n) is 6.59. The van der Waals surface area contributed by atoms with Crippen molar-refractivity contribution in [1.29, 1.82) is 0 Å². The number of aromatic hydroxyl groups is 1. The van der Waals surface area contributed by atoms with Crippen LogP contribution in [0.15, 0.2) is 12.1 Å². The van der Waals surface area contributed by atoms with Gasteiger partial charge in [-0.1, -0.05) is 23.2 Å². The van der Waals surface area contributed by atoms with Crippen LogP contribution in [0.4, 0.5) is 5.69 Å². The highest BCUT2D eigenvalue weighted by Crippen LogP contribution is 2.38. The van der Waals surface area contributed by atoms with E-state index in [2.05, 4.69) is 24.3 Å². The summed E-state index contributed by atoms with van der Waals surface area (Å²) in [5, 5.41) is 13.7. The summed E-state index contributed by atoms with van der Waals surface area (Å²) in [5.41, 5.74) is 0.761. The maximum absolute atomic E-state index is 9.72. The van der Waals surface area contributed by atoms with Crippen molar-refractivity contribution in [1.82, 2.24) is 4.90 Å². The number of phenols is 1. The molecule has 0 bridgehead atoms. The number of anilines is 1. The second-order valence-electron chi connectivity index (χ2n) is 5.37. The third kappa shape index (κ3) is 3.47. The van der Waals surface area contributed by atoms with Crippen LogP contribution in [0.1, 0.15) is 25.7 Å². The first-order valence-corrected chi connectivity index (χ1v) is 7.34. The molecule has 1 aliphatic rings. The van der Waals surface area contributed by atoms with E-state index in [1.807, 2.05) is 6.07 Å². The van der Waals surface area contributed by atoms with Gasteiger partial charge in [-0.3, -0.25) is 0 Å². The smallest absolute Gasteiger partial charge is 0.154 e. The Morgan fingerprint density at radius 3 is 2.37 bits per heavy atom. The fraction of sp³-hybridized carbons (Fsp3) is 0.571. The molecule has 0 aromatic heterocycles. The largest absolute Gasteiger partial charge is 0.505 e. The summed E-state index contributed by atoms with van der Waals surface area (Å²) >= 11 is 11.9. The van der Waals surface area contributed by atoms with Gasteiger partial charge in [0, 0.05) is 12.1 Å². The summed E-state index contributed by atoms with van der Waals surface area (Å²) in [7, 11) is 4.26. The second kappa shape index (κ2) is 6.21. The molecule has 1 aromatic carbocycles. The molecule has 1 aliphatic carbocycles. The molecule has 19 heavy (non-hydrogen) atoms. The molecule has 0 aliphatic heterocycles. The Morgan fingerprint density at radius 2 is 1.79 bits per heavy atom. The van der Waals surface area contributed by atoms with Crippen molar-refractivity contribution in [3.63, 3.8) is 0 Å². The lowest BCUT2D eigenvalue weighted by molar-refractivity contribution is 0.221. The number of nitrogens with zero attached hydrogens (tertiary/aromatic N) is 1. The predicted octanol–water partition coefficient (Wildman–Crippen LogP) is 3.98. The molecule has 1 saturated carbocycles. The minimum absolute atomic E-state index is 0.0460. The fourth-order valence-corrected chi connectivity index (χ4v) is 3.03. The lowest BCUT2D eigenvalue weighted by atomic mass is 9.90. The van der Waals surface area contributed by atoms with Crippen LogP contribution in [0.25, 0.3) is 0 Å². The summed E-state index contributed by atoms with van der Waals surface area (Å²) in [4.78, 5) is 2.29. The van der Waals surface area contributed by atoms with Gasteiger partial charge in [-0.2, -0.15) is 0 Å². The second-order valence-corrected chi connectivity index (χ2v) is 6.16. The maximum atomic E-state index is 9.72. The van der Waals surface area contributed by atoms with E-state index < -0.39 is 0 Å². The van der Waals surface area contributed by atoms with Gasteiger partial charge in [-0.15, -0.1) is 0 Å². The van der Waals surface area contributed by atoms with E-state index >= 15 is 0 Å². The van der Waals surface area contributed by atoms with Crippen LogP contribution in [0, 0.1) is 0 Å². The lowest BCUT2D eigenvalue weighted by Crippen LogP contribution is -2.36. The highest BCUT2D eigenvalue weighted by Gasteiger charge is 2.23. The number of phenolic OH excluding ortho intramolecular Hbond substituents is 1.